The first-order valence-corrected chi connectivity index (χ1v) is 13.0. The van der Waals surface area contributed by atoms with Crippen LogP contribution in [0.25, 0.3) is 22.3 Å². The zero-order valence-electron chi connectivity index (χ0n) is 19.7. The highest BCUT2D eigenvalue weighted by atomic mass is 16.2. The number of benzene rings is 1. The fraction of sp³-hybridized carbons (Fsp3) is 0.483. The number of para-hydroxylation sites is 1. The van der Waals surface area contributed by atoms with Crippen LogP contribution in [0, 0.1) is 17.8 Å². The van der Waals surface area contributed by atoms with Crippen LogP contribution in [0.5, 0.6) is 0 Å². The number of fused-ring (bicyclic) bond motifs is 1. The van der Waals surface area contributed by atoms with Crippen LogP contribution in [0.3, 0.4) is 0 Å². The second-order valence-corrected chi connectivity index (χ2v) is 11.2. The summed E-state index contributed by atoms with van der Waals surface area (Å²) in [5.74, 6) is 3.00. The van der Waals surface area contributed by atoms with E-state index in [1.54, 1.807) is 6.20 Å². The first-order valence-electron chi connectivity index (χ1n) is 13.0. The van der Waals surface area contributed by atoms with E-state index in [1.807, 2.05) is 48.5 Å². The van der Waals surface area contributed by atoms with Gasteiger partial charge < -0.3 is 4.90 Å². The van der Waals surface area contributed by atoms with Crippen molar-refractivity contribution in [1.29, 1.82) is 0 Å². The van der Waals surface area contributed by atoms with Crippen molar-refractivity contribution in [1.82, 2.24) is 19.8 Å². The van der Waals surface area contributed by atoms with Crippen molar-refractivity contribution in [2.24, 2.45) is 17.8 Å². The minimum Gasteiger partial charge on any atom is -0.336 e. The molecule has 5 nitrogen and oxygen atoms in total. The van der Waals surface area contributed by atoms with Crippen molar-refractivity contribution in [3.05, 3.63) is 60.3 Å². The quantitative estimate of drug-likeness (QED) is 0.560. The Morgan fingerprint density at radius 1 is 0.824 bits per heavy atom. The predicted octanol–water partition coefficient (Wildman–Crippen LogP) is 5.02. The van der Waals surface area contributed by atoms with Crippen molar-refractivity contribution in [3.63, 3.8) is 0 Å². The van der Waals surface area contributed by atoms with E-state index in [0.717, 1.165) is 71.8 Å². The summed E-state index contributed by atoms with van der Waals surface area (Å²) >= 11 is 0. The van der Waals surface area contributed by atoms with Gasteiger partial charge in [-0.2, -0.15) is 0 Å². The van der Waals surface area contributed by atoms with Gasteiger partial charge in [0.25, 0.3) is 5.91 Å². The van der Waals surface area contributed by atoms with E-state index in [0.29, 0.717) is 5.54 Å². The topological polar surface area (TPSA) is 49.3 Å². The Hall–Kier alpha value is -2.79. The minimum atomic E-state index is 0.126. The first-order chi connectivity index (χ1) is 16.7. The number of hydrogen-bond donors (Lipinski definition) is 0. The smallest absolute Gasteiger partial charge is 0.254 e. The van der Waals surface area contributed by atoms with Crippen molar-refractivity contribution in [2.45, 2.75) is 44.1 Å². The molecule has 5 heteroatoms. The van der Waals surface area contributed by atoms with Gasteiger partial charge in [0.2, 0.25) is 0 Å². The van der Waals surface area contributed by atoms with Crippen molar-refractivity contribution in [3.8, 4) is 11.4 Å². The summed E-state index contributed by atoms with van der Waals surface area (Å²) in [4.78, 5) is 27.9. The maximum atomic E-state index is 13.8. The molecule has 5 fully saturated rings. The standard InChI is InChI=1S/C29H32N4O/c34-28(24-16-27(26-7-3-4-8-30-26)31-25-6-2-1-5-23(24)25)32-9-11-33(12-10-32)29-17-20-13-21(18-29)15-22(14-20)19-29/h1-8,16,20-22H,9-15,17-19H2. The highest BCUT2D eigenvalue weighted by Crippen LogP contribution is 2.57. The average molecular weight is 453 g/mol. The number of rotatable bonds is 3. The van der Waals surface area contributed by atoms with Crippen LogP contribution in [-0.4, -0.2) is 57.4 Å². The van der Waals surface area contributed by atoms with Gasteiger partial charge in [0.05, 0.1) is 22.5 Å². The lowest BCUT2D eigenvalue weighted by Gasteiger charge is -2.61. The highest BCUT2D eigenvalue weighted by molar-refractivity contribution is 6.07. The molecular formula is C29H32N4O. The Balaban J connectivity index is 1.14. The SMILES string of the molecule is O=C(c1cc(-c2ccccn2)nc2ccccc12)N1CCN(C23CC4CC(CC(C4)C2)C3)CC1. The maximum Gasteiger partial charge on any atom is 0.254 e. The maximum absolute atomic E-state index is 13.8. The molecule has 4 bridgehead atoms. The van der Waals surface area contributed by atoms with E-state index in [9.17, 15) is 4.79 Å². The molecule has 0 unspecified atom stereocenters. The van der Waals surface area contributed by atoms with Gasteiger partial charge in [-0.3, -0.25) is 14.7 Å². The van der Waals surface area contributed by atoms with Gasteiger partial charge in [-0.05, 0) is 80.5 Å². The van der Waals surface area contributed by atoms with Gasteiger partial charge in [-0.15, -0.1) is 0 Å². The summed E-state index contributed by atoms with van der Waals surface area (Å²) < 4.78 is 0. The third-order valence-corrected chi connectivity index (χ3v) is 9.12. The molecule has 0 radical (unpaired) electrons. The van der Waals surface area contributed by atoms with Crippen LogP contribution in [0.1, 0.15) is 48.9 Å². The molecule has 0 spiro atoms. The lowest BCUT2D eigenvalue weighted by atomic mass is 9.52. The van der Waals surface area contributed by atoms with Crippen LogP contribution < -0.4 is 0 Å². The molecule has 8 rings (SSSR count). The summed E-state index contributed by atoms with van der Waals surface area (Å²) in [5.41, 5.74) is 3.58. The summed E-state index contributed by atoms with van der Waals surface area (Å²) in [6.45, 7) is 3.65. The van der Waals surface area contributed by atoms with Crippen LogP contribution >= 0.6 is 0 Å². The van der Waals surface area contributed by atoms with E-state index < -0.39 is 0 Å². The summed E-state index contributed by atoms with van der Waals surface area (Å²) in [5, 5.41) is 0.927. The van der Waals surface area contributed by atoms with Gasteiger partial charge >= 0.3 is 0 Å². The Morgan fingerprint density at radius 3 is 2.18 bits per heavy atom. The molecule has 2 aromatic heterocycles. The van der Waals surface area contributed by atoms with Gasteiger partial charge in [-0.25, -0.2) is 4.98 Å². The Kier molecular flexibility index (Phi) is 4.77. The summed E-state index contributed by atoms with van der Waals surface area (Å²) in [6.07, 6.45) is 10.4. The molecule has 34 heavy (non-hydrogen) atoms. The number of carbonyl (C=O) groups excluding carboxylic acids is 1. The van der Waals surface area contributed by atoms with Crippen LogP contribution in [0.2, 0.25) is 0 Å². The molecule has 3 aromatic rings. The molecule has 0 N–H and O–H groups in total. The molecule has 0 atom stereocenters. The van der Waals surface area contributed by atoms with E-state index in [4.69, 9.17) is 4.98 Å². The molecule has 1 amide bonds. The largest absolute Gasteiger partial charge is 0.336 e. The second kappa shape index (κ2) is 7.88. The number of amides is 1. The minimum absolute atomic E-state index is 0.126. The van der Waals surface area contributed by atoms with Gasteiger partial charge in [0.1, 0.15) is 0 Å². The Bertz CT molecular complexity index is 1200. The number of nitrogens with zero attached hydrogens (tertiary/aromatic N) is 4. The lowest BCUT2D eigenvalue weighted by molar-refractivity contribution is -0.0987. The van der Waals surface area contributed by atoms with Crippen molar-refractivity contribution in [2.75, 3.05) is 26.2 Å². The molecular weight excluding hydrogens is 420 g/mol. The average Bonchev–Trinajstić information content (AvgIpc) is 2.87. The third-order valence-electron chi connectivity index (χ3n) is 9.12. The number of pyridine rings is 2. The van der Waals surface area contributed by atoms with Crippen molar-refractivity contribution < 1.29 is 4.79 Å². The summed E-state index contributed by atoms with van der Waals surface area (Å²) in [7, 11) is 0. The monoisotopic (exact) mass is 452 g/mol. The highest BCUT2D eigenvalue weighted by Gasteiger charge is 2.53. The molecule has 1 aliphatic heterocycles. The van der Waals surface area contributed by atoms with Gasteiger partial charge in [0.15, 0.2) is 0 Å². The van der Waals surface area contributed by atoms with Crippen molar-refractivity contribution >= 4 is 16.8 Å². The predicted molar refractivity (Wildman–Crippen MR) is 133 cm³/mol. The fourth-order valence-electron chi connectivity index (χ4n) is 8.00. The molecule has 1 saturated heterocycles. The number of aromatic nitrogens is 2. The molecule has 174 valence electrons. The van der Waals surface area contributed by atoms with Crippen LogP contribution in [0.15, 0.2) is 54.7 Å². The molecule has 4 aliphatic carbocycles. The zero-order chi connectivity index (χ0) is 22.7. The normalized spacial score (nSPS) is 30.7. The molecule has 1 aromatic carbocycles. The van der Waals surface area contributed by atoms with E-state index >= 15 is 0 Å². The van der Waals surface area contributed by atoms with E-state index in [2.05, 4.69) is 14.8 Å². The van der Waals surface area contributed by atoms with Gasteiger partial charge in [0, 0.05) is 43.3 Å². The molecule has 3 heterocycles. The van der Waals surface area contributed by atoms with E-state index in [1.165, 1.54) is 38.5 Å². The summed E-state index contributed by atoms with van der Waals surface area (Å²) in [6, 6.07) is 15.7. The zero-order valence-corrected chi connectivity index (χ0v) is 19.7. The van der Waals surface area contributed by atoms with Crippen LogP contribution in [-0.2, 0) is 0 Å². The number of piperazine rings is 1. The van der Waals surface area contributed by atoms with Crippen LogP contribution in [0.4, 0.5) is 0 Å². The number of hydrogen-bond acceptors (Lipinski definition) is 4. The Labute approximate surface area is 201 Å². The second-order valence-electron chi connectivity index (χ2n) is 11.2. The Morgan fingerprint density at radius 2 is 1.50 bits per heavy atom. The molecule has 4 saturated carbocycles. The first kappa shape index (κ1) is 20.6. The molecule has 5 aliphatic rings. The lowest BCUT2D eigenvalue weighted by Crippen LogP contribution is -2.64. The van der Waals surface area contributed by atoms with Gasteiger partial charge in [-0.1, -0.05) is 24.3 Å². The fourth-order valence-corrected chi connectivity index (χ4v) is 8.00. The van der Waals surface area contributed by atoms with E-state index in [-0.39, 0.29) is 5.91 Å². The number of carbonyl (C=O) groups is 1. The third kappa shape index (κ3) is 3.36.